The topological polar surface area (TPSA) is 70.2 Å². The van der Waals surface area contributed by atoms with E-state index in [-0.39, 0.29) is 30.9 Å². The molecule has 7 nitrogen and oxygen atoms in total. The average molecular weight is 439 g/mol. The minimum absolute atomic E-state index is 0.0197. The molecule has 2 aromatic rings. The zero-order valence-electron chi connectivity index (χ0n) is 17.8. The zero-order valence-corrected chi connectivity index (χ0v) is 17.8. The van der Waals surface area contributed by atoms with Gasteiger partial charge in [0.15, 0.2) is 6.61 Å². The molecule has 2 aliphatic rings. The summed E-state index contributed by atoms with van der Waals surface area (Å²) < 4.78 is 18.6. The number of piperazine rings is 1. The number of halogens is 1. The highest BCUT2D eigenvalue weighted by Gasteiger charge is 2.38. The summed E-state index contributed by atoms with van der Waals surface area (Å²) in [7, 11) is 0. The smallest absolute Gasteiger partial charge is 0.312 e. The molecule has 0 aromatic heterocycles. The van der Waals surface area contributed by atoms with Gasteiger partial charge in [-0.1, -0.05) is 30.3 Å². The Morgan fingerprint density at radius 1 is 0.906 bits per heavy atom. The number of amides is 3. The van der Waals surface area contributed by atoms with Crippen LogP contribution in [0.3, 0.4) is 0 Å². The third-order valence-electron chi connectivity index (χ3n) is 5.99. The second kappa shape index (κ2) is 9.80. The third kappa shape index (κ3) is 5.07. The zero-order chi connectivity index (χ0) is 22.5. The van der Waals surface area contributed by atoms with E-state index >= 15 is 0 Å². The Hall–Kier alpha value is -3.42. The van der Waals surface area contributed by atoms with Crippen molar-refractivity contribution < 1.29 is 23.5 Å². The molecule has 8 heteroatoms. The van der Waals surface area contributed by atoms with Crippen molar-refractivity contribution in [1.82, 2.24) is 14.7 Å². The van der Waals surface area contributed by atoms with Gasteiger partial charge in [-0.3, -0.25) is 14.4 Å². The fourth-order valence-electron chi connectivity index (χ4n) is 4.18. The Kier molecular flexibility index (Phi) is 6.68. The molecule has 168 valence electrons. The first kappa shape index (κ1) is 21.8. The van der Waals surface area contributed by atoms with Gasteiger partial charge in [0.2, 0.25) is 0 Å². The number of piperidine rings is 1. The first-order valence-electron chi connectivity index (χ1n) is 10.8. The van der Waals surface area contributed by atoms with Crippen molar-refractivity contribution in [1.29, 1.82) is 0 Å². The second-order valence-corrected chi connectivity index (χ2v) is 8.07. The summed E-state index contributed by atoms with van der Waals surface area (Å²) in [6.45, 7) is 2.21. The predicted octanol–water partition coefficient (Wildman–Crippen LogP) is 2.07. The number of carbonyl (C=O) groups excluding carboxylic acids is 3. The van der Waals surface area contributed by atoms with Crippen LogP contribution in [0.25, 0.3) is 0 Å². The maximum absolute atomic E-state index is 13.1. The van der Waals surface area contributed by atoms with Gasteiger partial charge in [0, 0.05) is 38.8 Å². The quantitative estimate of drug-likeness (QED) is 0.647. The highest BCUT2D eigenvalue weighted by Crippen LogP contribution is 2.21. The summed E-state index contributed by atoms with van der Waals surface area (Å²) in [5.41, 5.74) is 0.783. The van der Waals surface area contributed by atoms with Crippen LogP contribution in [0.2, 0.25) is 0 Å². The van der Waals surface area contributed by atoms with Crippen molar-refractivity contribution in [2.24, 2.45) is 0 Å². The van der Waals surface area contributed by atoms with Crippen molar-refractivity contribution in [2.45, 2.75) is 25.4 Å². The fraction of sp³-hybridized carbons (Fsp3) is 0.375. The molecule has 0 aliphatic carbocycles. The lowest BCUT2D eigenvalue weighted by atomic mass is 10.0. The normalized spacial score (nSPS) is 17.6. The first-order valence-corrected chi connectivity index (χ1v) is 10.8. The molecular weight excluding hydrogens is 413 g/mol. The van der Waals surface area contributed by atoms with Crippen molar-refractivity contribution in [2.75, 3.05) is 32.8 Å². The molecule has 2 aromatic carbocycles. The summed E-state index contributed by atoms with van der Waals surface area (Å²) in [4.78, 5) is 42.7. The SMILES string of the molecule is O=C(COc1ccccc1)N1CCC(N2CCN(Cc3ccc(F)cc3)C(=O)C2=O)CC1. The van der Waals surface area contributed by atoms with Crippen molar-refractivity contribution in [3.63, 3.8) is 0 Å². The lowest BCUT2D eigenvalue weighted by molar-refractivity contribution is -0.159. The van der Waals surface area contributed by atoms with Gasteiger partial charge >= 0.3 is 11.8 Å². The standard InChI is InChI=1S/C24H26FN3O4/c25-19-8-6-18(7-9-19)16-27-14-15-28(24(31)23(27)30)20-10-12-26(13-11-20)22(29)17-32-21-4-2-1-3-5-21/h1-9,20H,10-17H2. The number of likely N-dealkylation sites (tertiary alicyclic amines) is 1. The molecule has 0 atom stereocenters. The fourth-order valence-corrected chi connectivity index (χ4v) is 4.18. The van der Waals surface area contributed by atoms with Crippen LogP contribution in [0.5, 0.6) is 5.75 Å². The molecule has 2 heterocycles. The summed E-state index contributed by atoms with van der Waals surface area (Å²) in [6.07, 6.45) is 1.27. The minimum Gasteiger partial charge on any atom is -0.484 e. The summed E-state index contributed by atoms with van der Waals surface area (Å²) >= 11 is 0. The number of rotatable bonds is 6. The van der Waals surface area contributed by atoms with E-state index in [4.69, 9.17) is 4.74 Å². The molecule has 2 aliphatic heterocycles. The number of ether oxygens (including phenoxy) is 1. The van der Waals surface area contributed by atoms with Crippen molar-refractivity contribution in [3.8, 4) is 5.75 Å². The van der Waals surface area contributed by atoms with E-state index in [0.29, 0.717) is 44.8 Å². The molecule has 3 amide bonds. The van der Waals surface area contributed by atoms with Crippen LogP contribution < -0.4 is 4.74 Å². The van der Waals surface area contributed by atoms with E-state index in [1.54, 1.807) is 34.1 Å². The highest BCUT2D eigenvalue weighted by molar-refractivity contribution is 6.35. The van der Waals surface area contributed by atoms with Gasteiger partial charge in [-0.2, -0.15) is 0 Å². The maximum atomic E-state index is 13.1. The van der Waals surface area contributed by atoms with Gasteiger partial charge < -0.3 is 19.4 Å². The molecule has 32 heavy (non-hydrogen) atoms. The number of nitrogens with zero attached hydrogens (tertiary/aromatic N) is 3. The van der Waals surface area contributed by atoms with E-state index in [1.807, 2.05) is 18.2 Å². The van der Waals surface area contributed by atoms with E-state index in [1.165, 1.54) is 17.0 Å². The number of hydrogen-bond acceptors (Lipinski definition) is 4. The molecular formula is C24H26FN3O4. The van der Waals surface area contributed by atoms with Crippen LogP contribution in [-0.4, -0.2) is 71.2 Å². The van der Waals surface area contributed by atoms with Gasteiger partial charge in [-0.05, 0) is 42.7 Å². The second-order valence-electron chi connectivity index (χ2n) is 8.07. The molecule has 0 N–H and O–H groups in total. The van der Waals surface area contributed by atoms with Gasteiger partial charge in [-0.15, -0.1) is 0 Å². The number of hydrogen-bond donors (Lipinski definition) is 0. The van der Waals surface area contributed by atoms with E-state index < -0.39 is 11.8 Å². The third-order valence-corrected chi connectivity index (χ3v) is 5.99. The molecule has 0 radical (unpaired) electrons. The summed E-state index contributed by atoms with van der Waals surface area (Å²) in [6, 6.07) is 15.1. The van der Waals surface area contributed by atoms with E-state index in [9.17, 15) is 18.8 Å². The van der Waals surface area contributed by atoms with Crippen LogP contribution in [0.1, 0.15) is 18.4 Å². The molecule has 2 fully saturated rings. The molecule has 4 rings (SSSR count). The van der Waals surface area contributed by atoms with Gasteiger partial charge in [0.05, 0.1) is 0 Å². The minimum atomic E-state index is -0.532. The van der Waals surface area contributed by atoms with Crippen LogP contribution >= 0.6 is 0 Å². The largest absolute Gasteiger partial charge is 0.484 e. The Bertz CT molecular complexity index is 959. The van der Waals surface area contributed by atoms with Gasteiger partial charge in [0.25, 0.3) is 5.91 Å². The van der Waals surface area contributed by atoms with Crippen LogP contribution in [0, 0.1) is 5.82 Å². The Labute approximate surface area is 186 Å². The van der Waals surface area contributed by atoms with Gasteiger partial charge in [0.1, 0.15) is 11.6 Å². The van der Waals surface area contributed by atoms with Gasteiger partial charge in [-0.25, -0.2) is 4.39 Å². The van der Waals surface area contributed by atoms with Crippen molar-refractivity contribution >= 4 is 17.7 Å². The lowest BCUT2D eigenvalue weighted by Gasteiger charge is -2.42. The summed E-state index contributed by atoms with van der Waals surface area (Å²) in [5, 5.41) is 0. The molecule has 0 spiro atoms. The van der Waals surface area contributed by atoms with Crippen LogP contribution in [0.15, 0.2) is 54.6 Å². The molecule has 0 unspecified atom stereocenters. The molecule has 0 bridgehead atoms. The Morgan fingerprint density at radius 2 is 1.59 bits per heavy atom. The Balaban J connectivity index is 1.25. The van der Waals surface area contributed by atoms with E-state index in [0.717, 1.165) is 5.56 Å². The first-order chi connectivity index (χ1) is 15.5. The van der Waals surface area contributed by atoms with E-state index in [2.05, 4.69) is 0 Å². The molecule has 2 saturated heterocycles. The number of benzene rings is 2. The maximum Gasteiger partial charge on any atom is 0.312 e. The summed E-state index contributed by atoms with van der Waals surface area (Å²) in [5.74, 6) is -0.805. The van der Waals surface area contributed by atoms with Crippen molar-refractivity contribution in [3.05, 3.63) is 66.0 Å². The number of carbonyl (C=O) groups is 3. The predicted molar refractivity (Wildman–Crippen MR) is 115 cm³/mol. The monoisotopic (exact) mass is 439 g/mol. The van der Waals surface area contributed by atoms with Crippen LogP contribution in [-0.2, 0) is 20.9 Å². The number of para-hydroxylation sites is 1. The lowest BCUT2D eigenvalue weighted by Crippen LogP contribution is -2.59. The Morgan fingerprint density at radius 3 is 2.28 bits per heavy atom. The average Bonchev–Trinajstić information content (AvgIpc) is 2.83. The molecule has 0 saturated carbocycles. The van der Waals surface area contributed by atoms with Crippen LogP contribution in [0.4, 0.5) is 4.39 Å². The highest BCUT2D eigenvalue weighted by atomic mass is 19.1.